The van der Waals surface area contributed by atoms with Crippen molar-refractivity contribution >= 4 is 0 Å². The first-order chi connectivity index (χ1) is 10.7. The number of hydrogen-bond donors (Lipinski definition) is 0. The molecule has 0 aliphatic heterocycles. The van der Waals surface area contributed by atoms with E-state index in [9.17, 15) is 9.65 Å². The van der Waals surface area contributed by atoms with Crippen LogP contribution in [-0.4, -0.2) is 14.2 Å². The maximum absolute atomic E-state index is 13.8. The van der Waals surface area contributed by atoms with Crippen LogP contribution in [0.3, 0.4) is 0 Å². The van der Waals surface area contributed by atoms with Crippen LogP contribution in [0.25, 0.3) is 0 Å². The highest BCUT2D eigenvalue weighted by molar-refractivity contribution is 5.52. The summed E-state index contributed by atoms with van der Waals surface area (Å²) in [4.78, 5) is 0. The second kappa shape index (κ2) is 6.60. The first-order valence-corrected chi connectivity index (χ1v) is 6.46. The highest BCUT2D eigenvalue weighted by Crippen LogP contribution is 2.34. The van der Waals surface area contributed by atoms with Crippen LogP contribution in [0.15, 0.2) is 36.4 Å². The Morgan fingerprint density at radius 1 is 1.05 bits per heavy atom. The minimum atomic E-state index is -0.773. The molecule has 2 rings (SSSR count). The first kappa shape index (κ1) is 15.3. The molecule has 22 heavy (non-hydrogen) atoms. The fourth-order valence-electron chi connectivity index (χ4n) is 2.26. The molecule has 2 aromatic rings. The molecule has 0 aliphatic carbocycles. The van der Waals surface area contributed by atoms with Crippen molar-refractivity contribution in [1.82, 2.24) is 0 Å². The zero-order valence-corrected chi connectivity index (χ0v) is 12.1. The maximum atomic E-state index is 13.8. The van der Waals surface area contributed by atoms with Gasteiger partial charge in [-0.3, -0.25) is 0 Å². The van der Waals surface area contributed by atoms with Gasteiger partial charge in [-0.25, -0.2) is 4.39 Å². The molecule has 0 spiro atoms. The maximum Gasteiger partial charge on any atom is 0.161 e. The summed E-state index contributed by atoms with van der Waals surface area (Å²) in [7, 11) is 3.01. The molecule has 5 heteroatoms. The third-order valence-corrected chi connectivity index (χ3v) is 3.34. The van der Waals surface area contributed by atoms with Gasteiger partial charge in [-0.2, -0.15) is 10.5 Å². The van der Waals surface area contributed by atoms with Crippen molar-refractivity contribution in [3.05, 3.63) is 58.9 Å². The van der Waals surface area contributed by atoms with E-state index in [-0.39, 0.29) is 5.56 Å². The third kappa shape index (κ3) is 2.70. The fourth-order valence-corrected chi connectivity index (χ4v) is 2.26. The normalized spacial score (nSPS) is 11.1. The topological polar surface area (TPSA) is 66.0 Å². The van der Waals surface area contributed by atoms with Crippen molar-refractivity contribution in [3.63, 3.8) is 0 Å². The standard InChI is InChI=1S/C17H13FN2O2/c1-21-16-7-6-11(8-17(16)22-2)13(9-19)12-4-3-5-15(18)14(12)10-20/h3-8,13H,1-2H3/t13-/m1/s1. The molecule has 2 aromatic carbocycles. The molecule has 1 atom stereocenters. The fraction of sp³-hybridized carbons (Fsp3) is 0.176. The number of methoxy groups -OCH3 is 2. The van der Waals surface area contributed by atoms with Gasteiger partial charge in [0.15, 0.2) is 11.5 Å². The largest absolute Gasteiger partial charge is 0.493 e. The molecule has 0 radical (unpaired) electrons. The average molecular weight is 296 g/mol. The van der Waals surface area contributed by atoms with E-state index >= 15 is 0 Å². The molecule has 0 aromatic heterocycles. The van der Waals surface area contributed by atoms with Gasteiger partial charge in [0.1, 0.15) is 11.9 Å². The molecule has 110 valence electrons. The van der Waals surface area contributed by atoms with Crippen LogP contribution >= 0.6 is 0 Å². The number of benzene rings is 2. The van der Waals surface area contributed by atoms with Crippen LogP contribution in [-0.2, 0) is 0 Å². The number of halogens is 1. The van der Waals surface area contributed by atoms with E-state index < -0.39 is 11.7 Å². The Hall–Kier alpha value is -3.05. The summed E-state index contributed by atoms with van der Waals surface area (Å²) < 4.78 is 24.1. The van der Waals surface area contributed by atoms with Crippen LogP contribution in [0.5, 0.6) is 11.5 Å². The molecular formula is C17H13FN2O2. The van der Waals surface area contributed by atoms with E-state index in [2.05, 4.69) is 6.07 Å². The summed E-state index contributed by atoms with van der Waals surface area (Å²) in [5.41, 5.74) is 0.809. The van der Waals surface area contributed by atoms with E-state index in [0.29, 0.717) is 22.6 Å². The monoisotopic (exact) mass is 296 g/mol. The summed E-state index contributed by atoms with van der Waals surface area (Å²) in [5, 5.41) is 18.6. The lowest BCUT2D eigenvalue weighted by Gasteiger charge is -2.14. The highest BCUT2D eigenvalue weighted by atomic mass is 19.1. The minimum Gasteiger partial charge on any atom is -0.493 e. The highest BCUT2D eigenvalue weighted by Gasteiger charge is 2.21. The second-order valence-electron chi connectivity index (χ2n) is 4.49. The molecular weight excluding hydrogens is 283 g/mol. The Balaban J connectivity index is 2.58. The predicted octanol–water partition coefficient (Wildman–Crippen LogP) is 3.37. The quantitative estimate of drug-likeness (QED) is 0.867. The van der Waals surface area contributed by atoms with Gasteiger partial charge < -0.3 is 9.47 Å². The number of hydrogen-bond acceptors (Lipinski definition) is 4. The van der Waals surface area contributed by atoms with Gasteiger partial charge in [0, 0.05) is 0 Å². The van der Waals surface area contributed by atoms with E-state index in [1.54, 1.807) is 24.3 Å². The van der Waals surface area contributed by atoms with Gasteiger partial charge in [0.05, 0.1) is 31.8 Å². The molecule has 0 unspecified atom stereocenters. The van der Waals surface area contributed by atoms with Gasteiger partial charge in [-0.05, 0) is 29.3 Å². The Morgan fingerprint density at radius 2 is 1.77 bits per heavy atom. The number of nitriles is 2. The predicted molar refractivity (Wildman–Crippen MR) is 78.1 cm³/mol. The summed E-state index contributed by atoms with van der Waals surface area (Å²) in [6.45, 7) is 0. The molecule has 4 nitrogen and oxygen atoms in total. The lowest BCUT2D eigenvalue weighted by molar-refractivity contribution is 0.354. The molecule has 0 aliphatic rings. The van der Waals surface area contributed by atoms with Crippen molar-refractivity contribution in [3.8, 4) is 23.6 Å². The molecule has 0 amide bonds. The van der Waals surface area contributed by atoms with Crippen molar-refractivity contribution < 1.29 is 13.9 Å². The Kier molecular flexibility index (Phi) is 4.60. The lowest BCUT2D eigenvalue weighted by atomic mass is 9.89. The van der Waals surface area contributed by atoms with E-state index in [1.807, 2.05) is 6.07 Å². The van der Waals surface area contributed by atoms with Gasteiger partial charge in [0.2, 0.25) is 0 Å². The summed E-state index contributed by atoms with van der Waals surface area (Å²) in [6, 6.07) is 13.2. The Labute approximate surface area is 127 Å². The van der Waals surface area contributed by atoms with Crippen LogP contribution in [0.4, 0.5) is 4.39 Å². The van der Waals surface area contributed by atoms with Crippen molar-refractivity contribution in [2.45, 2.75) is 5.92 Å². The number of nitrogens with zero attached hydrogens (tertiary/aromatic N) is 2. The van der Waals surface area contributed by atoms with Crippen molar-refractivity contribution in [1.29, 1.82) is 10.5 Å². The average Bonchev–Trinajstić information content (AvgIpc) is 2.55. The molecule has 0 fully saturated rings. The van der Waals surface area contributed by atoms with E-state index in [0.717, 1.165) is 0 Å². The van der Waals surface area contributed by atoms with Crippen molar-refractivity contribution in [2.24, 2.45) is 0 Å². The van der Waals surface area contributed by atoms with Crippen molar-refractivity contribution in [2.75, 3.05) is 14.2 Å². The zero-order valence-electron chi connectivity index (χ0n) is 12.1. The smallest absolute Gasteiger partial charge is 0.161 e. The van der Waals surface area contributed by atoms with Crippen LogP contribution in [0.2, 0.25) is 0 Å². The van der Waals surface area contributed by atoms with E-state index in [1.165, 1.54) is 26.4 Å². The molecule has 0 heterocycles. The number of rotatable bonds is 4. The summed E-state index contributed by atoms with van der Waals surface area (Å²) in [5.74, 6) is -0.413. The lowest BCUT2D eigenvalue weighted by Crippen LogP contribution is -2.04. The Morgan fingerprint density at radius 3 is 2.36 bits per heavy atom. The SMILES string of the molecule is COc1ccc([C@@H](C#N)c2cccc(F)c2C#N)cc1OC. The number of ether oxygens (including phenoxy) is 2. The van der Waals surface area contributed by atoms with Crippen LogP contribution < -0.4 is 9.47 Å². The molecule has 0 saturated carbocycles. The Bertz CT molecular complexity index is 775. The van der Waals surface area contributed by atoms with Crippen LogP contribution in [0.1, 0.15) is 22.6 Å². The molecule has 0 bridgehead atoms. The third-order valence-electron chi connectivity index (χ3n) is 3.34. The second-order valence-corrected chi connectivity index (χ2v) is 4.49. The first-order valence-electron chi connectivity index (χ1n) is 6.46. The van der Waals surface area contributed by atoms with Gasteiger partial charge in [-0.15, -0.1) is 0 Å². The van der Waals surface area contributed by atoms with E-state index in [4.69, 9.17) is 14.7 Å². The molecule has 0 saturated heterocycles. The minimum absolute atomic E-state index is 0.121. The van der Waals surface area contributed by atoms with Crippen LogP contribution in [0, 0.1) is 28.5 Å². The zero-order chi connectivity index (χ0) is 16.1. The van der Waals surface area contributed by atoms with Gasteiger partial charge in [0.25, 0.3) is 0 Å². The molecule has 0 N–H and O–H groups in total. The van der Waals surface area contributed by atoms with Gasteiger partial charge in [-0.1, -0.05) is 18.2 Å². The summed E-state index contributed by atoms with van der Waals surface area (Å²) in [6.07, 6.45) is 0. The summed E-state index contributed by atoms with van der Waals surface area (Å²) >= 11 is 0. The van der Waals surface area contributed by atoms with Gasteiger partial charge >= 0.3 is 0 Å².